The quantitative estimate of drug-likeness (QED) is 0.259. The zero-order chi connectivity index (χ0) is 20.1. The molecule has 28 heavy (non-hydrogen) atoms. The molecule has 1 aromatic heterocycles. The van der Waals surface area contributed by atoms with Gasteiger partial charge in [0, 0.05) is 6.20 Å². The van der Waals surface area contributed by atoms with Crippen LogP contribution in [-0.4, -0.2) is 17.7 Å². The number of rotatable bonds is 18. The maximum atomic E-state index is 11.6. The van der Waals surface area contributed by atoms with Crippen molar-refractivity contribution < 1.29 is 9.53 Å². The minimum atomic E-state index is -0.417. The van der Waals surface area contributed by atoms with Gasteiger partial charge in [0.05, 0.1) is 6.61 Å². The number of unbranched alkanes of at least 4 members (excludes halogenated alkanes) is 15. The molecule has 0 unspecified atom stereocenters. The minimum absolute atomic E-state index is 0.417. The van der Waals surface area contributed by atoms with Crippen LogP contribution >= 0.6 is 0 Å². The summed E-state index contributed by atoms with van der Waals surface area (Å²) < 4.78 is 5.18. The predicted octanol–water partition coefficient (Wildman–Crippen LogP) is 7.89. The highest BCUT2D eigenvalue weighted by atomic mass is 16.5. The number of nitrogens with zero attached hydrogens (tertiary/aromatic N) is 1. The molecule has 0 aliphatic heterocycles. The van der Waals surface area contributed by atoms with E-state index < -0.39 is 6.09 Å². The summed E-state index contributed by atoms with van der Waals surface area (Å²) in [5, 5.41) is 2.62. The smallest absolute Gasteiger partial charge is 0.412 e. The van der Waals surface area contributed by atoms with Crippen LogP contribution in [0.25, 0.3) is 0 Å². The second kappa shape index (κ2) is 18.8. The van der Waals surface area contributed by atoms with Gasteiger partial charge in [-0.3, -0.25) is 5.32 Å². The summed E-state index contributed by atoms with van der Waals surface area (Å²) in [6, 6.07) is 5.39. The number of carbonyl (C=O) groups is 1. The van der Waals surface area contributed by atoms with Gasteiger partial charge in [0.1, 0.15) is 5.82 Å². The molecule has 4 nitrogen and oxygen atoms in total. The zero-order valence-electron chi connectivity index (χ0n) is 18.1. The van der Waals surface area contributed by atoms with Crippen molar-refractivity contribution >= 4 is 11.9 Å². The molecule has 0 aliphatic rings. The molecule has 0 spiro atoms. The van der Waals surface area contributed by atoms with E-state index in [9.17, 15) is 4.79 Å². The number of hydrogen-bond acceptors (Lipinski definition) is 3. The van der Waals surface area contributed by atoms with E-state index >= 15 is 0 Å². The Morgan fingerprint density at radius 3 is 1.75 bits per heavy atom. The molecular weight excluding hydrogens is 348 g/mol. The van der Waals surface area contributed by atoms with Crippen molar-refractivity contribution in [3.8, 4) is 0 Å². The summed E-state index contributed by atoms with van der Waals surface area (Å²) in [5.74, 6) is 0.527. The van der Waals surface area contributed by atoms with Crippen LogP contribution in [-0.2, 0) is 4.74 Å². The Morgan fingerprint density at radius 1 is 0.786 bits per heavy atom. The lowest BCUT2D eigenvalue weighted by atomic mass is 10.0. The Morgan fingerprint density at radius 2 is 1.29 bits per heavy atom. The molecule has 0 saturated carbocycles. The van der Waals surface area contributed by atoms with E-state index in [1.807, 2.05) is 12.1 Å². The summed E-state index contributed by atoms with van der Waals surface area (Å²) in [6.07, 6.45) is 22.7. The summed E-state index contributed by atoms with van der Waals surface area (Å²) in [6.45, 7) is 2.76. The van der Waals surface area contributed by atoms with E-state index in [4.69, 9.17) is 4.74 Å². The van der Waals surface area contributed by atoms with Crippen molar-refractivity contribution in [1.29, 1.82) is 0 Å². The van der Waals surface area contributed by atoms with Crippen LogP contribution < -0.4 is 5.32 Å². The normalized spacial score (nSPS) is 10.8. The number of pyridine rings is 1. The highest BCUT2D eigenvalue weighted by Gasteiger charge is 2.02. The van der Waals surface area contributed by atoms with Crippen molar-refractivity contribution in [2.75, 3.05) is 11.9 Å². The first kappa shape index (κ1) is 24.5. The number of ether oxygens (including phenoxy) is 1. The average Bonchev–Trinajstić information content (AvgIpc) is 2.71. The second-order valence-corrected chi connectivity index (χ2v) is 7.78. The van der Waals surface area contributed by atoms with Gasteiger partial charge < -0.3 is 4.74 Å². The number of carbonyl (C=O) groups excluding carboxylic acids is 1. The number of amides is 1. The van der Waals surface area contributed by atoms with E-state index in [1.165, 1.54) is 89.9 Å². The number of anilines is 1. The molecule has 0 saturated heterocycles. The van der Waals surface area contributed by atoms with Crippen LogP contribution in [0.1, 0.15) is 110 Å². The molecule has 1 heterocycles. The predicted molar refractivity (Wildman–Crippen MR) is 119 cm³/mol. The molecule has 160 valence electrons. The molecular formula is C24H42N2O2. The molecule has 0 aromatic carbocycles. The van der Waals surface area contributed by atoms with Crippen molar-refractivity contribution in [2.24, 2.45) is 0 Å². The topological polar surface area (TPSA) is 51.2 Å². The minimum Gasteiger partial charge on any atom is -0.449 e. The van der Waals surface area contributed by atoms with Crippen molar-refractivity contribution in [1.82, 2.24) is 4.98 Å². The lowest BCUT2D eigenvalue weighted by molar-refractivity contribution is 0.159. The van der Waals surface area contributed by atoms with Gasteiger partial charge in [0.25, 0.3) is 0 Å². The Labute approximate surface area is 172 Å². The van der Waals surface area contributed by atoms with Gasteiger partial charge in [-0.1, -0.05) is 109 Å². The zero-order valence-corrected chi connectivity index (χ0v) is 18.1. The largest absolute Gasteiger partial charge is 0.449 e. The van der Waals surface area contributed by atoms with E-state index in [1.54, 1.807) is 12.3 Å². The molecule has 0 radical (unpaired) electrons. The highest BCUT2D eigenvalue weighted by Crippen LogP contribution is 2.13. The highest BCUT2D eigenvalue weighted by molar-refractivity contribution is 5.83. The van der Waals surface area contributed by atoms with E-state index in [-0.39, 0.29) is 0 Å². The van der Waals surface area contributed by atoms with Crippen LogP contribution in [0.2, 0.25) is 0 Å². The van der Waals surface area contributed by atoms with Crippen LogP contribution in [0.5, 0.6) is 0 Å². The average molecular weight is 391 g/mol. The van der Waals surface area contributed by atoms with Gasteiger partial charge >= 0.3 is 6.09 Å². The first-order valence-corrected chi connectivity index (χ1v) is 11.7. The maximum Gasteiger partial charge on any atom is 0.412 e. The Kier molecular flexibility index (Phi) is 16.4. The number of nitrogens with one attached hydrogen (secondary N) is 1. The molecule has 1 N–H and O–H groups in total. The van der Waals surface area contributed by atoms with E-state index in [2.05, 4.69) is 17.2 Å². The lowest BCUT2D eigenvalue weighted by Crippen LogP contribution is -2.15. The second-order valence-electron chi connectivity index (χ2n) is 7.78. The van der Waals surface area contributed by atoms with Gasteiger partial charge in [-0.05, 0) is 18.6 Å². The monoisotopic (exact) mass is 390 g/mol. The van der Waals surface area contributed by atoms with Gasteiger partial charge in [-0.2, -0.15) is 0 Å². The first-order valence-electron chi connectivity index (χ1n) is 11.7. The van der Waals surface area contributed by atoms with Crippen molar-refractivity contribution in [2.45, 2.75) is 110 Å². The number of aromatic nitrogens is 1. The molecule has 0 atom stereocenters. The van der Waals surface area contributed by atoms with Crippen molar-refractivity contribution in [3.05, 3.63) is 24.4 Å². The van der Waals surface area contributed by atoms with E-state index in [0.717, 1.165) is 12.8 Å². The third-order valence-corrected chi connectivity index (χ3v) is 5.13. The standard InChI is InChI=1S/C24H42N2O2/c1-2-3-4-5-6-7-8-9-10-11-12-13-14-15-16-19-22-28-24(27)26-23-20-17-18-21-25-23/h17-18,20-21H,2-16,19,22H2,1H3,(H,25,26,27). The molecule has 4 heteroatoms. The summed E-state index contributed by atoms with van der Waals surface area (Å²) >= 11 is 0. The first-order chi connectivity index (χ1) is 13.8. The maximum absolute atomic E-state index is 11.6. The molecule has 0 aliphatic carbocycles. The molecule has 1 aromatic rings. The molecule has 1 amide bonds. The Hall–Kier alpha value is -1.58. The van der Waals surface area contributed by atoms with Gasteiger partial charge in [0.15, 0.2) is 0 Å². The fourth-order valence-electron chi connectivity index (χ4n) is 3.39. The number of hydrogen-bond donors (Lipinski definition) is 1. The third-order valence-electron chi connectivity index (χ3n) is 5.13. The van der Waals surface area contributed by atoms with Crippen LogP contribution in [0.3, 0.4) is 0 Å². The van der Waals surface area contributed by atoms with Crippen LogP contribution in [0, 0.1) is 0 Å². The van der Waals surface area contributed by atoms with Crippen molar-refractivity contribution in [3.63, 3.8) is 0 Å². The SMILES string of the molecule is CCCCCCCCCCCCCCCCCCOC(=O)Nc1ccccn1. The molecule has 0 bridgehead atoms. The van der Waals surface area contributed by atoms with Gasteiger partial charge in [0.2, 0.25) is 0 Å². The fourth-order valence-corrected chi connectivity index (χ4v) is 3.39. The Bertz CT molecular complexity index is 465. The van der Waals surface area contributed by atoms with Gasteiger partial charge in [-0.15, -0.1) is 0 Å². The Balaban J connectivity index is 1.74. The lowest BCUT2D eigenvalue weighted by Gasteiger charge is -2.06. The third kappa shape index (κ3) is 15.5. The molecule has 0 fully saturated rings. The van der Waals surface area contributed by atoms with E-state index in [0.29, 0.717) is 12.4 Å². The summed E-state index contributed by atoms with van der Waals surface area (Å²) in [7, 11) is 0. The van der Waals surface area contributed by atoms with Crippen LogP contribution in [0.15, 0.2) is 24.4 Å². The van der Waals surface area contributed by atoms with Crippen LogP contribution in [0.4, 0.5) is 10.6 Å². The summed E-state index contributed by atoms with van der Waals surface area (Å²) in [4.78, 5) is 15.6. The fraction of sp³-hybridized carbons (Fsp3) is 0.750. The van der Waals surface area contributed by atoms with Gasteiger partial charge in [-0.25, -0.2) is 9.78 Å². The summed E-state index contributed by atoms with van der Waals surface area (Å²) in [5.41, 5.74) is 0. The molecule has 1 rings (SSSR count).